The standard InChI is InChI=1S/C28H35FN2O8/c1-16(2)13-37-25-17(3)38-28(34)22(15-36-14-20(25)12-19-6-8-21(29)9-7-19)31-27(33)24-26(39-18(4)32)23(35-5)10-11-30-24/h6-11,16-17,20,22,25H,12-15H2,1-5H3,(H,31,33). The second-order valence-electron chi connectivity index (χ2n) is 9.77. The average Bonchev–Trinajstić information content (AvgIpc) is 2.92. The second-order valence-corrected chi connectivity index (χ2v) is 9.77. The van der Waals surface area contributed by atoms with Crippen LogP contribution in [0.4, 0.5) is 4.39 Å². The number of nitrogens with one attached hydrogen (secondary N) is 1. The zero-order chi connectivity index (χ0) is 28.5. The number of aromatic nitrogens is 1. The van der Waals surface area contributed by atoms with E-state index in [1.165, 1.54) is 38.4 Å². The highest BCUT2D eigenvalue weighted by molar-refractivity contribution is 5.98. The molecule has 39 heavy (non-hydrogen) atoms. The van der Waals surface area contributed by atoms with E-state index in [9.17, 15) is 18.8 Å². The number of methoxy groups -OCH3 is 1. The third-order valence-corrected chi connectivity index (χ3v) is 6.02. The lowest BCUT2D eigenvalue weighted by Gasteiger charge is -2.31. The fraction of sp³-hybridized carbons (Fsp3) is 0.500. The van der Waals surface area contributed by atoms with Gasteiger partial charge in [-0.15, -0.1) is 0 Å². The van der Waals surface area contributed by atoms with Crippen molar-refractivity contribution in [2.45, 2.75) is 52.4 Å². The SMILES string of the molecule is COc1ccnc(C(=O)NC2COCC(Cc3ccc(F)cc3)C(OCC(C)C)C(C)OC2=O)c1OC(C)=O. The first-order valence-corrected chi connectivity index (χ1v) is 12.8. The van der Waals surface area contributed by atoms with E-state index in [1.54, 1.807) is 19.1 Å². The van der Waals surface area contributed by atoms with Crippen LogP contribution in [0.25, 0.3) is 0 Å². The lowest BCUT2D eigenvalue weighted by molar-refractivity contribution is -0.161. The molecule has 1 amide bonds. The van der Waals surface area contributed by atoms with Crippen molar-refractivity contribution in [2.24, 2.45) is 11.8 Å². The summed E-state index contributed by atoms with van der Waals surface area (Å²) >= 11 is 0. The summed E-state index contributed by atoms with van der Waals surface area (Å²) in [6, 6.07) is 6.44. The summed E-state index contributed by atoms with van der Waals surface area (Å²) < 4.78 is 41.6. The minimum absolute atomic E-state index is 0.126. The van der Waals surface area contributed by atoms with Gasteiger partial charge in [0.15, 0.2) is 17.5 Å². The molecule has 0 aliphatic carbocycles. The van der Waals surface area contributed by atoms with E-state index < -0.39 is 36.1 Å². The van der Waals surface area contributed by atoms with Crippen LogP contribution in [0, 0.1) is 17.7 Å². The van der Waals surface area contributed by atoms with Crippen molar-refractivity contribution in [2.75, 3.05) is 26.9 Å². The largest absolute Gasteiger partial charge is 0.493 e. The first kappa shape index (κ1) is 30.0. The quantitative estimate of drug-likeness (QED) is 0.473. The molecule has 1 aliphatic rings. The van der Waals surface area contributed by atoms with Gasteiger partial charge < -0.3 is 29.0 Å². The van der Waals surface area contributed by atoms with Gasteiger partial charge in [0.1, 0.15) is 11.9 Å². The van der Waals surface area contributed by atoms with Gasteiger partial charge in [-0.25, -0.2) is 14.2 Å². The Hall–Kier alpha value is -3.57. The zero-order valence-electron chi connectivity index (χ0n) is 22.8. The Balaban J connectivity index is 1.81. The van der Waals surface area contributed by atoms with Crippen LogP contribution in [0.15, 0.2) is 36.5 Å². The van der Waals surface area contributed by atoms with Crippen molar-refractivity contribution >= 4 is 17.8 Å². The van der Waals surface area contributed by atoms with Crippen LogP contribution < -0.4 is 14.8 Å². The van der Waals surface area contributed by atoms with E-state index in [0.29, 0.717) is 13.0 Å². The van der Waals surface area contributed by atoms with Crippen molar-refractivity contribution in [3.8, 4) is 11.5 Å². The predicted octanol–water partition coefficient (Wildman–Crippen LogP) is 3.12. The number of hydrogen-bond donors (Lipinski definition) is 1. The van der Waals surface area contributed by atoms with Crippen LogP contribution in [0.1, 0.15) is 43.7 Å². The lowest BCUT2D eigenvalue weighted by Crippen LogP contribution is -2.46. The molecule has 1 saturated heterocycles. The minimum Gasteiger partial charge on any atom is -0.493 e. The molecular formula is C28H35FN2O8. The number of esters is 2. The molecule has 0 bridgehead atoms. The van der Waals surface area contributed by atoms with E-state index in [2.05, 4.69) is 10.3 Å². The Labute approximate surface area is 227 Å². The number of benzene rings is 1. The summed E-state index contributed by atoms with van der Waals surface area (Å²) in [6.07, 6.45) is 0.639. The van der Waals surface area contributed by atoms with E-state index in [-0.39, 0.29) is 48.1 Å². The Kier molecular flexibility index (Phi) is 10.8. The first-order valence-electron chi connectivity index (χ1n) is 12.8. The van der Waals surface area contributed by atoms with E-state index in [1.807, 2.05) is 13.8 Å². The molecule has 2 heterocycles. The number of carbonyl (C=O) groups excluding carboxylic acids is 3. The van der Waals surface area contributed by atoms with Crippen molar-refractivity contribution in [3.63, 3.8) is 0 Å². The fourth-order valence-electron chi connectivity index (χ4n) is 4.21. The number of pyridine rings is 1. The Morgan fingerprint density at radius 2 is 1.90 bits per heavy atom. The van der Waals surface area contributed by atoms with Crippen LogP contribution >= 0.6 is 0 Å². The smallest absolute Gasteiger partial charge is 0.331 e. The maximum absolute atomic E-state index is 13.5. The molecule has 0 radical (unpaired) electrons. The normalized spacial score (nSPS) is 21.8. The van der Waals surface area contributed by atoms with Crippen LogP contribution in [0.5, 0.6) is 11.5 Å². The molecule has 1 aliphatic heterocycles. The predicted molar refractivity (Wildman–Crippen MR) is 138 cm³/mol. The van der Waals surface area contributed by atoms with Crippen LogP contribution in [0.2, 0.25) is 0 Å². The van der Waals surface area contributed by atoms with Crippen LogP contribution in [-0.4, -0.2) is 68.0 Å². The van der Waals surface area contributed by atoms with Crippen molar-refractivity contribution < 1.29 is 42.5 Å². The van der Waals surface area contributed by atoms with Gasteiger partial charge in [0, 0.05) is 31.7 Å². The zero-order valence-corrected chi connectivity index (χ0v) is 22.8. The molecule has 0 saturated carbocycles. The number of rotatable bonds is 9. The monoisotopic (exact) mass is 546 g/mol. The Morgan fingerprint density at radius 3 is 2.54 bits per heavy atom. The fourth-order valence-corrected chi connectivity index (χ4v) is 4.21. The van der Waals surface area contributed by atoms with Gasteiger partial charge >= 0.3 is 11.9 Å². The van der Waals surface area contributed by atoms with Crippen molar-refractivity contribution in [3.05, 3.63) is 53.6 Å². The molecule has 10 nitrogen and oxygen atoms in total. The van der Waals surface area contributed by atoms with E-state index in [0.717, 1.165) is 5.56 Å². The van der Waals surface area contributed by atoms with Gasteiger partial charge in [0.05, 0.1) is 26.4 Å². The summed E-state index contributed by atoms with van der Waals surface area (Å²) in [5.74, 6) is -2.53. The lowest BCUT2D eigenvalue weighted by atomic mass is 9.91. The van der Waals surface area contributed by atoms with Gasteiger partial charge in [0.2, 0.25) is 5.75 Å². The van der Waals surface area contributed by atoms with Crippen LogP contribution in [-0.2, 0) is 30.2 Å². The van der Waals surface area contributed by atoms with Gasteiger partial charge in [-0.1, -0.05) is 26.0 Å². The van der Waals surface area contributed by atoms with Crippen molar-refractivity contribution in [1.82, 2.24) is 10.3 Å². The number of nitrogens with zero attached hydrogens (tertiary/aromatic N) is 1. The third-order valence-electron chi connectivity index (χ3n) is 6.02. The first-order chi connectivity index (χ1) is 18.6. The second kappa shape index (κ2) is 14.0. The number of carbonyl (C=O) groups is 3. The highest BCUT2D eigenvalue weighted by atomic mass is 19.1. The number of cyclic esters (lactones) is 1. The summed E-state index contributed by atoms with van der Waals surface area (Å²) in [7, 11) is 1.36. The Bertz CT molecular complexity index is 1140. The number of hydrogen-bond acceptors (Lipinski definition) is 9. The summed E-state index contributed by atoms with van der Waals surface area (Å²) in [5, 5.41) is 2.57. The number of ether oxygens (including phenoxy) is 5. The average molecular weight is 547 g/mol. The molecule has 3 rings (SSSR count). The Morgan fingerprint density at radius 1 is 1.18 bits per heavy atom. The molecule has 2 aromatic rings. The maximum Gasteiger partial charge on any atom is 0.331 e. The van der Waals surface area contributed by atoms with E-state index >= 15 is 0 Å². The van der Waals surface area contributed by atoms with Gasteiger partial charge in [-0.05, 0) is 37.0 Å². The molecule has 11 heteroatoms. The number of halogens is 1. The molecule has 4 atom stereocenters. The number of amides is 1. The molecule has 1 aromatic heterocycles. The highest BCUT2D eigenvalue weighted by Gasteiger charge is 2.36. The molecule has 1 N–H and O–H groups in total. The minimum atomic E-state index is -1.17. The summed E-state index contributed by atoms with van der Waals surface area (Å²) in [4.78, 5) is 41.9. The summed E-state index contributed by atoms with van der Waals surface area (Å²) in [5.41, 5.74) is 0.644. The molecule has 212 valence electrons. The topological polar surface area (TPSA) is 122 Å². The van der Waals surface area contributed by atoms with E-state index in [4.69, 9.17) is 23.7 Å². The maximum atomic E-state index is 13.5. The molecule has 1 aromatic carbocycles. The summed E-state index contributed by atoms with van der Waals surface area (Å²) in [6.45, 7) is 7.39. The van der Waals surface area contributed by atoms with Crippen molar-refractivity contribution in [1.29, 1.82) is 0 Å². The molecule has 4 unspecified atom stereocenters. The van der Waals surface area contributed by atoms with Gasteiger partial charge in [-0.2, -0.15) is 0 Å². The highest BCUT2D eigenvalue weighted by Crippen LogP contribution is 2.30. The van der Waals surface area contributed by atoms with Crippen LogP contribution in [0.3, 0.4) is 0 Å². The third kappa shape index (κ3) is 8.46. The van der Waals surface area contributed by atoms with Gasteiger partial charge in [0.25, 0.3) is 5.91 Å². The van der Waals surface area contributed by atoms with Gasteiger partial charge in [-0.3, -0.25) is 9.59 Å². The molecule has 1 fully saturated rings. The molecular weight excluding hydrogens is 511 g/mol. The molecule has 0 spiro atoms.